The summed E-state index contributed by atoms with van der Waals surface area (Å²) in [6.45, 7) is 16.6. The Hall–Kier alpha value is 2.88. The number of hydrogen-bond donors (Lipinski definition) is 0. The van der Waals surface area contributed by atoms with Gasteiger partial charge in [-0.05, 0) is 0 Å². The summed E-state index contributed by atoms with van der Waals surface area (Å²) < 4.78 is 0. The normalized spacial score (nSPS) is 18.1. The summed E-state index contributed by atoms with van der Waals surface area (Å²) in [5.74, 6) is 0. The molecule has 4 unspecified atom stereocenters. The second-order valence-corrected chi connectivity index (χ2v) is 77.4. The summed E-state index contributed by atoms with van der Waals surface area (Å²) in [6.07, 6.45) is 0. The van der Waals surface area contributed by atoms with E-state index < -0.39 is 14.3 Å². The molecule has 0 amide bonds. The first-order valence-corrected chi connectivity index (χ1v) is 23.7. The Kier molecular flexibility index (Phi) is 4.20. The van der Waals surface area contributed by atoms with E-state index >= 15 is 0 Å². The van der Waals surface area contributed by atoms with E-state index in [0.717, 1.165) is 0 Å². The standard InChI is InChI=1S/C2H14IP5/c1-8(2)3(4,5,6)7/h4-7H2,1-2H3. The van der Waals surface area contributed by atoms with Crippen LogP contribution < -0.4 is 0 Å². The maximum absolute atomic E-state index is 2.99. The summed E-state index contributed by atoms with van der Waals surface area (Å²) in [5.41, 5.74) is 0.214. The predicted molar refractivity (Wildman–Crippen MR) is 71.6 cm³/mol. The van der Waals surface area contributed by atoms with Crippen LogP contribution in [0.3, 0.4) is 0 Å². The fourth-order valence-electron chi connectivity index (χ4n) is 0. The first kappa shape index (κ1) is 10.9. The van der Waals surface area contributed by atoms with Gasteiger partial charge in [-0.15, -0.1) is 0 Å². The molecular weight excluding hydrogens is 306 g/mol. The van der Waals surface area contributed by atoms with Crippen LogP contribution in [0.25, 0.3) is 0 Å². The average molecular weight is 320 g/mol. The molecule has 0 aliphatic heterocycles. The topological polar surface area (TPSA) is 0 Å². The van der Waals surface area contributed by atoms with Crippen LogP contribution in [-0.2, 0) is 0 Å². The SMILES string of the molecule is CP(C)I(P)(P)(P)P. The third-order valence-corrected chi connectivity index (χ3v) is 47.1. The van der Waals surface area contributed by atoms with Gasteiger partial charge in [0.15, 0.2) is 0 Å². The van der Waals surface area contributed by atoms with Crippen molar-refractivity contribution in [1.82, 2.24) is 0 Å². The van der Waals surface area contributed by atoms with Crippen molar-refractivity contribution in [2.24, 2.45) is 0 Å². The van der Waals surface area contributed by atoms with Crippen molar-refractivity contribution in [3.8, 4) is 0 Å². The summed E-state index contributed by atoms with van der Waals surface area (Å²) in [7, 11) is 0. The van der Waals surface area contributed by atoms with Crippen molar-refractivity contribution in [2.45, 2.75) is 0 Å². The molecule has 0 aliphatic carbocycles. The van der Waals surface area contributed by atoms with Gasteiger partial charge in [-0.25, -0.2) is 0 Å². The Labute approximate surface area is 60.4 Å². The molecule has 8 heavy (non-hydrogen) atoms. The van der Waals surface area contributed by atoms with E-state index in [1.807, 2.05) is 0 Å². The van der Waals surface area contributed by atoms with E-state index in [0.29, 0.717) is 0 Å². The van der Waals surface area contributed by atoms with E-state index in [4.69, 9.17) is 0 Å². The van der Waals surface area contributed by atoms with E-state index in [2.05, 4.69) is 40.9 Å². The van der Waals surface area contributed by atoms with Gasteiger partial charge >= 0.3 is 60.7 Å². The first-order valence-electron chi connectivity index (χ1n) is 1.94. The maximum atomic E-state index is 2.99. The molecule has 4 atom stereocenters. The minimum atomic E-state index is -2.00. The van der Waals surface area contributed by atoms with Crippen LogP contribution in [0.4, 0.5) is 0 Å². The molecule has 0 N–H and O–H groups in total. The molecule has 0 spiro atoms. The molecule has 0 aromatic heterocycles. The monoisotopic (exact) mass is 320 g/mol. The fraction of sp³-hybridized carbons (Fsp3) is 1.00. The Morgan fingerprint density at radius 2 is 1.12 bits per heavy atom. The van der Waals surface area contributed by atoms with Gasteiger partial charge < -0.3 is 0 Å². The fourth-order valence-corrected chi connectivity index (χ4v) is 0. The summed E-state index contributed by atoms with van der Waals surface area (Å²) >= 11 is -2.00. The Morgan fingerprint density at radius 1 is 1.00 bits per heavy atom. The Morgan fingerprint density at radius 3 is 1.12 bits per heavy atom. The van der Waals surface area contributed by atoms with Gasteiger partial charge in [0.25, 0.3) is 0 Å². The van der Waals surface area contributed by atoms with Gasteiger partial charge in [-0.3, -0.25) is 0 Å². The second-order valence-electron chi connectivity index (χ2n) is 1.93. The molecule has 6 heteroatoms. The first-order chi connectivity index (χ1) is 3.20. The van der Waals surface area contributed by atoms with Gasteiger partial charge in [0.05, 0.1) is 0 Å². The average Bonchev–Trinajstić information content (AvgIpc) is 1.27. The van der Waals surface area contributed by atoms with Crippen molar-refractivity contribution in [3.05, 3.63) is 0 Å². The molecule has 0 aromatic rings. The van der Waals surface area contributed by atoms with Gasteiger partial charge in [0.2, 0.25) is 0 Å². The van der Waals surface area contributed by atoms with Crippen LogP contribution in [0.2, 0.25) is 0 Å². The summed E-state index contributed by atoms with van der Waals surface area (Å²) in [5, 5.41) is 0. The predicted octanol–water partition coefficient (Wildman–Crippen LogP) is 3.38. The van der Waals surface area contributed by atoms with Crippen LogP contribution in [0, 0.1) is 0 Å². The van der Waals surface area contributed by atoms with Gasteiger partial charge in [-0.1, -0.05) is 0 Å². The molecule has 0 heterocycles. The van der Waals surface area contributed by atoms with Crippen molar-refractivity contribution >= 4 is 47.4 Å². The molecule has 0 aromatic carbocycles. The second kappa shape index (κ2) is 3.09. The Balaban J connectivity index is 4.14. The molecule has 0 fully saturated rings. The molecule has 0 rings (SSSR count). The molecular formula is C2H14IP5. The van der Waals surface area contributed by atoms with Crippen LogP contribution in [-0.4, -0.2) is 13.3 Å². The van der Waals surface area contributed by atoms with E-state index in [-0.39, 0.29) is 5.56 Å². The zero-order valence-electron chi connectivity index (χ0n) is 5.13. The zero-order valence-corrected chi connectivity index (χ0v) is 12.8. The van der Waals surface area contributed by atoms with E-state index in [9.17, 15) is 0 Å². The van der Waals surface area contributed by atoms with Crippen molar-refractivity contribution in [3.63, 3.8) is 0 Å². The third kappa shape index (κ3) is 4.66. The van der Waals surface area contributed by atoms with Crippen LogP contribution in [0.15, 0.2) is 0 Å². The van der Waals surface area contributed by atoms with Crippen LogP contribution in [0.1, 0.15) is 0 Å². The van der Waals surface area contributed by atoms with Crippen molar-refractivity contribution in [2.75, 3.05) is 13.3 Å². The molecule has 54 valence electrons. The van der Waals surface area contributed by atoms with E-state index in [1.165, 1.54) is 0 Å². The summed E-state index contributed by atoms with van der Waals surface area (Å²) in [6, 6.07) is 0. The van der Waals surface area contributed by atoms with Crippen LogP contribution in [0.5, 0.6) is 0 Å². The molecule has 0 aliphatic rings. The molecule has 0 saturated carbocycles. The zero-order chi connectivity index (χ0) is 7.02. The Bertz CT molecular complexity index is 81.1. The number of halogens is 1. The van der Waals surface area contributed by atoms with Gasteiger partial charge in [0.1, 0.15) is 0 Å². The molecule has 0 saturated heterocycles. The van der Waals surface area contributed by atoms with Crippen molar-refractivity contribution < 1.29 is 0 Å². The van der Waals surface area contributed by atoms with Gasteiger partial charge in [-0.2, -0.15) is 0 Å². The summed E-state index contributed by atoms with van der Waals surface area (Å²) in [4.78, 5) is 0. The van der Waals surface area contributed by atoms with Crippen LogP contribution >= 0.6 is 47.4 Å². The third-order valence-electron chi connectivity index (χ3n) is 0.781. The molecule has 0 bridgehead atoms. The minimum absolute atomic E-state index is 0.214. The van der Waals surface area contributed by atoms with Gasteiger partial charge in [0, 0.05) is 0 Å². The molecule has 0 radical (unpaired) electrons. The number of hydrogen-bond acceptors (Lipinski definition) is 0. The quantitative estimate of drug-likeness (QED) is 0.513. The number of rotatable bonds is 1. The van der Waals surface area contributed by atoms with Crippen molar-refractivity contribution in [1.29, 1.82) is 0 Å². The molecule has 0 nitrogen and oxygen atoms in total. The van der Waals surface area contributed by atoms with E-state index in [1.54, 1.807) is 0 Å².